The van der Waals surface area contributed by atoms with Gasteiger partial charge < -0.3 is 15.0 Å². The number of ether oxygens (including phenoxy) is 1. The Morgan fingerprint density at radius 3 is 2.39 bits per heavy atom. The predicted octanol–water partition coefficient (Wildman–Crippen LogP) is 3.25. The van der Waals surface area contributed by atoms with E-state index in [1.165, 1.54) is 11.1 Å². The summed E-state index contributed by atoms with van der Waals surface area (Å²) >= 11 is 0. The third kappa shape index (κ3) is 5.71. The summed E-state index contributed by atoms with van der Waals surface area (Å²) in [6, 6.07) is 17.1. The van der Waals surface area contributed by atoms with E-state index in [1.807, 2.05) is 12.1 Å². The van der Waals surface area contributed by atoms with E-state index < -0.39 is 0 Å². The van der Waals surface area contributed by atoms with E-state index in [-0.39, 0.29) is 6.29 Å². The number of hydrogen-bond donors (Lipinski definition) is 3. The second kappa shape index (κ2) is 10.5. The molecule has 0 bridgehead atoms. The first-order valence-electron chi connectivity index (χ1n) is 10.4. The maximum Gasteiger partial charge on any atom is 0.132 e. The van der Waals surface area contributed by atoms with Crippen LogP contribution in [-0.2, 0) is 6.42 Å². The van der Waals surface area contributed by atoms with Crippen LogP contribution in [0.3, 0.4) is 0 Å². The van der Waals surface area contributed by atoms with Gasteiger partial charge in [-0.3, -0.25) is 10.6 Å². The fourth-order valence-electron chi connectivity index (χ4n) is 3.69. The van der Waals surface area contributed by atoms with Gasteiger partial charge in [-0.2, -0.15) is 0 Å². The number of methoxy groups -OCH3 is 1. The molecule has 28 heavy (non-hydrogen) atoms. The van der Waals surface area contributed by atoms with Crippen LogP contribution in [0.1, 0.15) is 30.9 Å². The highest BCUT2D eigenvalue weighted by atomic mass is 16.5. The van der Waals surface area contributed by atoms with Crippen LogP contribution in [0.4, 0.5) is 5.69 Å². The summed E-state index contributed by atoms with van der Waals surface area (Å²) in [4.78, 5) is 2.46. The molecule has 0 radical (unpaired) electrons. The Labute approximate surface area is 169 Å². The van der Waals surface area contributed by atoms with Crippen LogP contribution in [0, 0.1) is 0 Å². The number of anilines is 1. The van der Waals surface area contributed by atoms with E-state index in [9.17, 15) is 0 Å². The molecule has 1 fully saturated rings. The lowest BCUT2D eigenvalue weighted by Gasteiger charge is -2.32. The third-order valence-electron chi connectivity index (χ3n) is 5.57. The Bertz CT molecular complexity index is 707. The smallest absolute Gasteiger partial charge is 0.132 e. The monoisotopic (exact) mass is 382 g/mol. The summed E-state index contributed by atoms with van der Waals surface area (Å²) in [5, 5.41) is 10.7. The molecule has 0 saturated carbocycles. The molecular weight excluding hydrogens is 348 g/mol. The van der Waals surface area contributed by atoms with Gasteiger partial charge in [0.1, 0.15) is 12.0 Å². The molecule has 1 saturated heterocycles. The van der Waals surface area contributed by atoms with Crippen LogP contribution in [0.15, 0.2) is 48.5 Å². The highest BCUT2D eigenvalue weighted by molar-refractivity contribution is 5.46. The molecule has 2 aromatic rings. The number of benzene rings is 2. The first kappa shape index (κ1) is 20.6. The van der Waals surface area contributed by atoms with Crippen LogP contribution >= 0.6 is 0 Å². The molecule has 0 aliphatic carbocycles. The predicted molar refractivity (Wildman–Crippen MR) is 117 cm³/mol. The van der Waals surface area contributed by atoms with Crippen LogP contribution in [0.2, 0.25) is 0 Å². The SMILES string of the molecule is CCN(CC)CCc1cccc(NC2NCC(c3ccc(OC)cc3)CN2)c1. The summed E-state index contributed by atoms with van der Waals surface area (Å²) in [5.74, 6) is 1.37. The number of nitrogens with zero attached hydrogens (tertiary/aromatic N) is 1. The highest BCUT2D eigenvalue weighted by Crippen LogP contribution is 2.21. The topological polar surface area (TPSA) is 48.6 Å². The van der Waals surface area contributed by atoms with E-state index in [4.69, 9.17) is 4.74 Å². The van der Waals surface area contributed by atoms with Gasteiger partial charge in [0.05, 0.1) is 7.11 Å². The van der Waals surface area contributed by atoms with Crippen LogP contribution < -0.4 is 20.7 Å². The summed E-state index contributed by atoms with van der Waals surface area (Å²) in [6.45, 7) is 9.67. The molecule has 0 amide bonds. The van der Waals surface area contributed by atoms with Gasteiger partial charge in [-0.05, 0) is 54.9 Å². The normalized spacial score (nSPS) is 19.6. The van der Waals surface area contributed by atoms with Crippen LogP contribution in [0.25, 0.3) is 0 Å². The zero-order valence-electron chi connectivity index (χ0n) is 17.4. The van der Waals surface area contributed by atoms with Gasteiger partial charge in [0, 0.05) is 31.2 Å². The molecule has 3 N–H and O–H groups in total. The molecule has 5 heteroatoms. The van der Waals surface area contributed by atoms with Crippen molar-refractivity contribution in [3.63, 3.8) is 0 Å². The quantitative estimate of drug-likeness (QED) is 0.622. The first-order valence-corrected chi connectivity index (χ1v) is 10.4. The minimum atomic E-state index is 0.0903. The molecule has 1 aliphatic heterocycles. The average molecular weight is 383 g/mol. The van der Waals surface area contributed by atoms with Crippen molar-refractivity contribution in [1.82, 2.24) is 15.5 Å². The van der Waals surface area contributed by atoms with E-state index in [0.29, 0.717) is 5.92 Å². The van der Waals surface area contributed by atoms with Gasteiger partial charge in [-0.15, -0.1) is 0 Å². The zero-order valence-corrected chi connectivity index (χ0v) is 17.4. The third-order valence-corrected chi connectivity index (χ3v) is 5.57. The summed E-state index contributed by atoms with van der Waals surface area (Å²) in [6.07, 6.45) is 1.18. The minimum absolute atomic E-state index is 0.0903. The lowest BCUT2D eigenvalue weighted by molar-refractivity contribution is 0.308. The van der Waals surface area contributed by atoms with Crippen molar-refractivity contribution >= 4 is 5.69 Å². The van der Waals surface area contributed by atoms with Gasteiger partial charge in [0.2, 0.25) is 0 Å². The summed E-state index contributed by atoms with van der Waals surface area (Å²) < 4.78 is 5.25. The number of hydrogen-bond acceptors (Lipinski definition) is 5. The molecule has 2 aromatic carbocycles. The van der Waals surface area contributed by atoms with Crippen molar-refractivity contribution in [3.05, 3.63) is 59.7 Å². The van der Waals surface area contributed by atoms with Crippen molar-refractivity contribution in [2.45, 2.75) is 32.5 Å². The molecule has 1 aliphatic rings. The number of rotatable bonds is 9. The first-order chi connectivity index (χ1) is 13.7. The summed E-state index contributed by atoms with van der Waals surface area (Å²) in [5.41, 5.74) is 3.87. The van der Waals surface area contributed by atoms with Crippen molar-refractivity contribution in [2.24, 2.45) is 0 Å². The van der Waals surface area contributed by atoms with Gasteiger partial charge in [0.15, 0.2) is 0 Å². The Morgan fingerprint density at radius 1 is 1.04 bits per heavy atom. The minimum Gasteiger partial charge on any atom is -0.497 e. The maximum atomic E-state index is 5.25. The molecule has 5 nitrogen and oxygen atoms in total. The van der Waals surface area contributed by atoms with Gasteiger partial charge in [-0.1, -0.05) is 38.1 Å². The standard InChI is InChI=1S/C23H34N4O/c1-4-27(5-2)14-13-18-7-6-8-21(15-18)26-23-24-16-20(17-25-23)19-9-11-22(28-3)12-10-19/h6-12,15,20,23-26H,4-5,13-14,16-17H2,1-3H3. The fraction of sp³-hybridized carbons (Fsp3) is 0.478. The Morgan fingerprint density at radius 2 is 1.75 bits per heavy atom. The van der Waals surface area contributed by atoms with Crippen LogP contribution in [-0.4, -0.2) is 51.0 Å². The molecule has 0 unspecified atom stereocenters. The van der Waals surface area contributed by atoms with E-state index in [1.54, 1.807) is 7.11 Å². The van der Waals surface area contributed by atoms with Gasteiger partial charge >= 0.3 is 0 Å². The van der Waals surface area contributed by atoms with E-state index in [2.05, 4.69) is 71.1 Å². The number of nitrogens with one attached hydrogen (secondary N) is 3. The highest BCUT2D eigenvalue weighted by Gasteiger charge is 2.21. The molecule has 0 spiro atoms. The Kier molecular flexibility index (Phi) is 7.71. The average Bonchev–Trinajstić information content (AvgIpc) is 2.75. The Hall–Kier alpha value is -2.08. The maximum absolute atomic E-state index is 5.25. The molecule has 1 heterocycles. The van der Waals surface area contributed by atoms with E-state index >= 15 is 0 Å². The van der Waals surface area contributed by atoms with Crippen molar-refractivity contribution < 1.29 is 4.74 Å². The lowest BCUT2D eigenvalue weighted by atomic mass is 9.97. The van der Waals surface area contributed by atoms with E-state index in [0.717, 1.165) is 50.6 Å². The zero-order chi connectivity index (χ0) is 19.8. The molecule has 0 atom stereocenters. The second-order valence-corrected chi connectivity index (χ2v) is 7.34. The lowest BCUT2D eigenvalue weighted by Crippen LogP contribution is -2.55. The molecular formula is C23H34N4O. The molecule has 0 aromatic heterocycles. The Balaban J connectivity index is 1.49. The fourth-order valence-corrected chi connectivity index (χ4v) is 3.69. The molecule has 3 rings (SSSR count). The van der Waals surface area contributed by atoms with Crippen molar-refractivity contribution in [2.75, 3.05) is 45.2 Å². The van der Waals surface area contributed by atoms with Crippen molar-refractivity contribution in [3.8, 4) is 5.75 Å². The molecule has 152 valence electrons. The van der Waals surface area contributed by atoms with Gasteiger partial charge in [-0.25, -0.2) is 0 Å². The van der Waals surface area contributed by atoms with Crippen molar-refractivity contribution in [1.29, 1.82) is 0 Å². The number of likely N-dealkylation sites (N-methyl/N-ethyl adjacent to an activating group) is 1. The van der Waals surface area contributed by atoms with Crippen LogP contribution in [0.5, 0.6) is 5.75 Å². The van der Waals surface area contributed by atoms with Gasteiger partial charge in [0.25, 0.3) is 0 Å². The largest absolute Gasteiger partial charge is 0.497 e. The second-order valence-electron chi connectivity index (χ2n) is 7.34. The summed E-state index contributed by atoms with van der Waals surface area (Å²) in [7, 11) is 1.70.